The molecule has 0 aromatic carbocycles. The molecule has 5 heteroatoms. The fraction of sp³-hybridized carbons (Fsp3) is 1.00. The number of ether oxygens (including phenoxy) is 3. The van der Waals surface area contributed by atoms with E-state index in [9.17, 15) is 0 Å². The van der Waals surface area contributed by atoms with Crippen molar-refractivity contribution in [2.45, 2.75) is 19.9 Å². The zero-order valence-corrected chi connectivity index (χ0v) is 11.5. The molecule has 2 N–H and O–H groups in total. The van der Waals surface area contributed by atoms with Crippen LogP contribution >= 0.6 is 0 Å². The molecule has 0 radical (unpaired) electrons. The third-order valence-corrected chi connectivity index (χ3v) is 2.47. The lowest BCUT2D eigenvalue weighted by molar-refractivity contribution is 0.0178. The smallest absolute Gasteiger partial charge is 0.0701 e. The van der Waals surface area contributed by atoms with Gasteiger partial charge in [-0.15, -0.1) is 0 Å². The fourth-order valence-corrected chi connectivity index (χ4v) is 1.44. The second-order valence-electron chi connectivity index (χ2n) is 4.14. The second kappa shape index (κ2) is 12.3. The van der Waals surface area contributed by atoms with Crippen LogP contribution in [0.3, 0.4) is 0 Å². The molecule has 0 bridgehead atoms. The topological polar surface area (TPSA) is 57.0 Å². The predicted octanol–water partition coefficient (Wildman–Crippen LogP) is 0.335. The van der Waals surface area contributed by atoms with Crippen LogP contribution in [0.2, 0.25) is 0 Å². The highest BCUT2D eigenvalue weighted by Gasteiger charge is 2.07. The van der Waals surface area contributed by atoms with Crippen molar-refractivity contribution in [2.24, 2.45) is 5.73 Å². The van der Waals surface area contributed by atoms with E-state index < -0.39 is 0 Å². The minimum atomic E-state index is 0.514. The van der Waals surface area contributed by atoms with E-state index >= 15 is 0 Å². The van der Waals surface area contributed by atoms with Crippen molar-refractivity contribution >= 4 is 0 Å². The summed E-state index contributed by atoms with van der Waals surface area (Å²) in [5, 5.41) is 0. The first-order valence-corrected chi connectivity index (χ1v) is 6.31. The molecule has 0 heterocycles. The Kier molecular flexibility index (Phi) is 12.1. The number of nitrogens with two attached hydrogens (primary N) is 1. The largest absolute Gasteiger partial charge is 0.382 e. The van der Waals surface area contributed by atoms with Crippen LogP contribution in [0.4, 0.5) is 0 Å². The minimum Gasteiger partial charge on any atom is -0.382 e. The molecule has 0 amide bonds. The van der Waals surface area contributed by atoms with Gasteiger partial charge in [-0.1, -0.05) is 0 Å². The molecule has 0 aliphatic rings. The Morgan fingerprint density at radius 2 is 1.53 bits per heavy atom. The van der Waals surface area contributed by atoms with Gasteiger partial charge in [-0.05, 0) is 13.8 Å². The van der Waals surface area contributed by atoms with Gasteiger partial charge in [0.1, 0.15) is 0 Å². The van der Waals surface area contributed by atoms with Crippen molar-refractivity contribution in [3.63, 3.8) is 0 Å². The van der Waals surface area contributed by atoms with Crippen molar-refractivity contribution in [3.8, 4) is 0 Å². The first-order chi connectivity index (χ1) is 8.22. The van der Waals surface area contributed by atoms with Crippen LogP contribution < -0.4 is 5.73 Å². The van der Waals surface area contributed by atoms with Crippen molar-refractivity contribution in [1.29, 1.82) is 0 Å². The van der Waals surface area contributed by atoms with E-state index in [1.54, 1.807) is 7.11 Å². The Morgan fingerprint density at radius 3 is 2.06 bits per heavy atom. The van der Waals surface area contributed by atoms with Crippen molar-refractivity contribution in [3.05, 3.63) is 0 Å². The van der Waals surface area contributed by atoms with Crippen molar-refractivity contribution < 1.29 is 14.2 Å². The SMILES string of the molecule is COCCOCCOCCN(CCN)C(C)C. The Balaban J connectivity index is 3.30. The average Bonchev–Trinajstić information content (AvgIpc) is 2.31. The molecule has 17 heavy (non-hydrogen) atoms. The van der Waals surface area contributed by atoms with Crippen molar-refractivity contribution in [1.82, 2.24) is 4.90 Å². The van der Waals surface area contributed by atoms with Crippen LogP contribution in [0.25, 0.3) is 0 Å². The van der Waals surface area contributed by atoms with Crippen molar-refractivity contribution in [2.75, 3.05) is 59.8 Å². The second-order valence-corrected chi connectivity index (χ2v) is 4.14. The summed E-state index contributed by atoms with van der Waals surface area (Å²) in [6, 6.07) is 0.514. The lowest BCUT2D eigenvalue weighted by Gasteiger charge is -2.25. The van der Waals surface area contributed by atoms with Gasteiger partial charge in [0.05, 0.1) is 33.0 Å². The summed E-state index contributed by atoms with van der Waals surface area (Å²) in [6.45, 7) is 10.1. The van der Waals surface area contributed by atoms with Gasteiger partial charge < -0.3 is 19.9 Å². The molecule has 0 saturated carbocycles. The summed E-state index contributed by atoms with van der Waals surface area (Å²) in [5.41, 5.74) is 5.55. The third kappa shape index (κ3) is 10.7. The average molecular weight is 248 g/mol. The molecule has 0 unspecified atom stereocenters. The maximum Gasteiger partial charge on any atom is 0.0701 e. The number of rotatable bonds is 12. The van der Waals surface area contributed by atoms with E-state index in [1.807, 2.05) is 0 Å². The molecule has 0 atom stereocenters. The fourth-order valence-electron chi connectivity index (χ4n) is 1.44. The molecular weight excluding hydrogens is 220 g/mol. The summed E-state index contributed by atoms with van der Waals surface area (Å²) in [7, 11) is 1.66. The van der Waals surface area contributed by atoms with E-state index in [0.29, 0.717) is 39.0 Å². The van der Waals surface area contributed by atoms with E-state index in [4.69, 9.17) is 19.9 Å². The molecule has 0 aromatic heterocycles. The van der Waals surface area contributed by atoms with E-state index in [2.05, 4.69) is 18.7 Å². The normalized spacial score (nSPS) is 11.6. The lowest BCUT2D eigenvalue weighted by Crippen LogP contribution is -2.37. The summed E-state index contributed by atoms with van der Waals surface area (Å²) < 4.78 is 15.7. The van der Waals surface area contributed by atoms with Gasteiger partial charge in [-0.2, -0.15) is 0 Å². The predicted molar refractivity (Wildman–Crippen MR) is 69.3 cm³/mol. The standard InChI is InChI=1S/C12H28N2O3/c1-12(2)14(5-4-13)6-7-16-10-11-17-9-8-15-3/h12H,4-11,13H2,1-3H3. The number of methoxy groups -OCH3 is 1. The molecule has 0 fully saturated rings. The van der Waals surface area contributed by atoms with E-state index in [0.717, 1.165) is 19.7 Å². The molecular formula is C12H28N2O3. The third-order valence-electron chi connectivity index (χ3n) is 2.47. The van der Waals surface area contributed by atoms with E-state index in [1.165, 1.54) is 0 Å². The highest BCUT2D eigenvalue weighted by atomic mass is 16.5. The molecule has 104 valence electrons. The van der Waals surface area contributed by atoms with Crippen LogP contribution in [0.15, 0.2) is 0 Å². The first-order valence-electron chi connectivity index (χ1n) is 6.31. The summed E-state index contributed by atoms with van der Waals surface area (Å²) in [5.74, 6) is 0. The molecule has 0 aromatic rings. The maximum absolute atomic E-state index is 5.55. The van der Waals surface area contributed by atoms with Crippen LogP contribution in [0.1, 0.15) is 13.8 Å². The van der Waals surface area contributed by atoms with Crippen LogP contribution in [0, 0.1) is 0 Å². The summed E-state index contributed by atoms with van der Waals surface area (Å²) >= 11 is 0. The Morgan fingerprint density at radius 1 is 0.941 bits per heavy atom. The zero-order chi connectivity index (χ0) is 12.9. The highest BCUT2D eigenvalue weighted by molar-refractivity contribution is 4.62. The van der Waals surface area contributed by atoms with Gasteiger partial charge in [-0.3, -0.25) is 4.90 Å². The Hall–Kier alpha value is -0.200. The molecule has 0 rings (SSSR count). The number of hydrogen-bond donors (Lipinski definition) is 1. The molecule has 5 nitrogen and oxygen atoms in total. The molecule has 0 saturated heterocycles. The number of nitrogens with zero attached hydrogens (tertiary/aromatic N) is 1. The van der Waals surface area contributed by atoms with E-state index in [-0.39, 0.29) is 0 Å². The molecule has 0 aliphatic carbocycles. The van der Waals surface area contributed by atoms with Crippen LogP contribution in [0.5, 0.6) is 0 Å². The van der Waals surface area contributed by atoms with Gasteiger partial charge in [0.15, 0.2) is 0 Å². The molecule has 0 aliphatic heterocycles. The molecule has 0 spiro atoms. The maximum atomic E-state index is 5.55. The Bertz CT molecular complexity index is 157. The quantitative estimate of drug-likeness (QED) is 0.505. The summed E-state index contributed by atoms with van der Waals surface area (Å²) in [6.07, 6.45) is 0. The van der Waals surface area contributed by atoms with Crippen LogP contribution in [-0.4, -0.2) is 70.7 Å². The van der Waals surface area contributed by atoms with Gasteiger partial charge in [0.2, 0.25) is 0 Å². The lowest BCUT2D eigenvalue weighted by atomic mass is 10.3. The van der Waals surface area contributed by atoms with Gasteiger partial charge in [0, 0.05) is 32.8 Å². The van der Waals surface area contributed by atoms with Gasteiger partial charge >= 0.3 is 0 Å². The van der Waals surface area contributed by atoms with Crippen LogP contribution in [-0.2, 0) is 14.2 Å². The number of hydrogen-bond acceptors (Lipinski definition) is 5. The highest BCUT2D eigenvalue weighted by Crippen LogP contribution is 1.96. The Labute approximate surface area is 105 Å². The minimum absolute atomic E-state index is 0.514. The van der Waals surface area contributed by atoms with Gasteiger partial charge in [-0.25, -0.2) is 0 Å². The first kappa shape index (κ1) is 16.8. The monoisotopic (exact) mass is 248 g/mol. The summed E-state index contributed by atoms with van der Waals surface area (Å²) in [4.78, 5) is 2.31. The van der Waals surface area contributed by atoms with Gasteiger partial charge in [0.25, 0.3) is 0 Å². The zero-order valence-electron chi connectivity index (χ0n) is 11.5.